The highest BCUT2D eigenvalue weighted by atomic mass is 16.4. The molecule has 5 heteroatoms. The summed E-state index contributed by atoms with van der Waals surface area (Å²) in [6.07, 6.45) is 17.3. The number of aliphatic hydroxyl groups is 1. The van der Waals surface area contributed by atoms with Crippen LogP contribution in [0.4, 0.5) is 0 Å². The van der Waals surface area contributed by atoms with Crippen LogP contribution in [0.3, 0.4) is 0 Å². The van der Waals surface area contributed by atoms with E-state index < -0.39 is 18.0 Å². The molecule has 0 aliphatic carbocycles. The van der Waals surface area contributed by atoms with E-state index in [2.05, 4.69) is 13.5 Å². The van der Waals surface area contributed by atoms with Crippen LogP contribution in [0.5, 0.6) is 0 Å². The summed E-state index contributed by atoms with van der Waals surface area (Å²) in [5.41, 5.74) is 0.176. The molecule has 0 aromatic carbocycles. The van der Waals surface area contributed by atoms with Crippen LogP contribution in [-0.4, -0.2) is 33.4 Å². The lowest BCUT2D eigenvalue weighted by atomic mass is 10.0. The van der Waals surface area contributed by atoms with E-state index in [-0.39, 0.29) is 5.57 Å². The molecule has 27 heavy (non-hydrogen) atoms. The van der Waals surface area contributed by atoms with Crippen molar-refractivity contribution in [1.82, 2.24) is 0 Å². The SMILES string of the molecule is C=C(C)C(=O)O.CCCCCCCCCCCCCCCCC(O)C(=O)O. The van der Waals surface area contributed by atoms with Crippen LogP contribution in [0, 0.1) is 0 Å². The number of carboxylic acid groups (broad SMARTS) is 2. The topological polar surface area (TPSA) is 94.8 Å². The van der Waals surface area contributed by atoms with Gasteiger partial charge in [0.15, 0.2) is 6.10 Å². The van der Waals surface area contributed by atoms with Crippen LogP contribution in [0.25, 0.3) is 0 Å². The zero-order valence-electron chi connectivity index (χ0n) is 17.5. The first kappa shape index (κ1) is 27.9. The van der Waals surface area contributed by atoms with Crippen LogP contribution in [0.2, 0.25) is 0 Å². The third-order valence-corrected chi connectivity index (χ3v) is 4.48. The van der Waals surface area contributed by atoms with E-state index >= 15 is 0 Å². The highest BCUT2D eigenvalue weighted by molar-refractivity contribution is 5.84. The standard InChI is InChI=1S/C18H36O3.C4H6O2/c1-2-3-4-5-6-7-8-9-10-11-12-13-14-15-16-17(19)18(20)21;1-3(2)4(5)6/h17,19H,2-16H2,1H3,(H,20,21);1H2,2H3,(H,5,6). The molecule has 160 valence electrons. The van der Waals surface area contributed by atoms with Crippen LogP contribution < -0.4 is 0 Å². The lowest BCUT2D eigenvalue weighted by Gasteiger charge is -2.05. The summed E-state index contributed by atoms with van der Waals surface area (Å²) >= 11 is 0. The first-order valence-electron chi connectivity index (χ1n) is 10.6. The first-order valence-corrected chi connectivity index (χ1v) is 10.6. The molecule has 0 bridgehead atoms. The van der Waals surface area contributed by atoms with E-state index in [1.54, 1.807) is 0 Å². The molecule has 1 atom stereocenters. The Bertz CT molecular complexity index is 367. The van der Waals surface area contributed by atoms with Crippen molar-refractivity contribution in [3.05, 3.63) is 12.2 Å². The largest absolute Gasteiger partial charge is 0.479 e. The molecule has 0 aromatic rings. The molecule has 1 unspecified atom stereocenters. The van der Waals surface area contributed by atoms with Gasteiger partial charge in [0.05, 0.1) is 0 Å². The highest BCUT2D eigenvalue weighted by Gasteiger charge is 2.11. The minimum absolute atomic E-state index is 0.176. The fourth-order valence-electron chi connectivity index (χ4n) is 2.66. The lowest BCUT2D eigenvalue weighted by Crippen LogP contribution is -2.18. The molecule has 0 aliphatic rings. The van der Waals surface area contributed by atoms with Crippen molar-refractivity contribution >= 4 is 11.9 Å². The Hall–Kier alpha value is -1.36. The maximum atomic E-state index is 10.4. The van der Waals surface area contributed by atoms with Gasteiger partial charge in [0.25, 0.3) is 0 Å². The van der Waals surface area contributed by atoms with Gasteiger partial charge in [-0.05, 0) is 13.3 Å². The van der Waals surface area contributed by atoms with Gasteiger partial charge in [-0.2, -0.15) is 0 Å². The number of hydrogen-bond acceptors (Lipinski definition) is 3. The predicted molar refractivity (Wildman–Crippen MR) is 111 cm³/mol. The number of aliphatic carboxylic acids is 2. The lowest BCUT2D eigenvalue weighted by molar-refractivity contribution is -0.147. The maximum absolute atomic E-state index is 10.4. The van der Waals surface area contributed by atoms with Crippen molar-refractivity contribution in [3.63, 3.8) is 0 Å². The van der Waals surface area contributed by atoms with Gasteiger partial charge >= 0.3 is 11.9 Å². The molecular formula is C22H42O5. The average molecular weight is 387 g/mol. The minimum Gasteiger partial charge on any atom is -0.479 e. The van der Waals surface area contributed by atoms with Gasteiger partial charge in [-0.3, -0.25) is 0 Å². The third kappa shape index (κ3) is 24.6. The molecule has 0 fully saturated rings. The van der Waals surface area contributed by atoms with Crippen LogP contribution in [-0.2, 0) is 9.59 Å². The molecule has 5 nitrogen and oxygen atoms in total. The second-order valence-electron chi connectivity index (χ2n) is 7.32. The van der Waals surface area contributed by atoms with Gasteiger partial charge < -0.3 is 15.3 Å². The van der Waals surface area contributed by atoms with Crippen LogP contribution >= 0.6 is 0 Å². The molecule has 0 saturated carbocycles. The van der Waals surface area contributed by atoms with E-state index in [0.29, 0.717) is 6.42 Å². The Kier molecular flexibility index (Phi) is 21.6. The Morgan fingerprint density at radius 2 is 1.04 bits per heavy atom. The minimum atomic E-state index is -1.16. The summed E-state index contributed by atoms with van der Waals surface area (Å²) in [4.78, 5) is 20.0. The molecule has 0 spiro atoms. The van der Waals surface area contributed by atoms with E-state index in [1.165, 1.54) is 84.0 Å². The predicted octanol–water partition coefficient (Wildman–Crippen LogP) is 5.95. The van der Waals surface area contributed by atoms with Crippen molar-refractivity contribution in [2.75, 3.05) is 0 Å². The fraction of sp³-hybridized carbons (Fsp3) is 0.818. The molecule has 0 radical (unpaired) electrons. The molecule has 0 heterocycles. The smallest absolute Gasteiger partial charge is 0.332 e. The number of hydrogen-bond donors (Lipinski definition) is 3. The summed E-state index contributed by atoms with van der Waals surface area (Å²) < 4.78 is 0. The zero-order chi connectivity index (χ0) is 20.9. The van der Waals surface area contributed by atoms with Crippen molar-refractivity contribution in [3.8, 4) is 0 Å². The number of carboxylic acids is 2. The summed E-state index contributed by atoms with van der Waals surface area (Å²) in [7, 11) is 0. The first-order chi connectivity index (χ1) is 12.8. The molecule has 0 rings (SSSR count). The van der Waals surface area contributed by atoms with Crippen molar-refractivity contribution in [2.45, 2.75) is 116 Å². The highest BCUT2D eigenvalue weighted by Crippen LogP contribution is 2.13. The molecule has 0 amide bonds. The van der Waals surface area contributed by atoms with Gasteiger partial charge in [-0.25, -0.2) is 9.59 Å². The van der Waals surface area contributed by atoms with Gasteiger partial charge in [-0.1, -0.05) is 103 Å². The van der Waals surface area contributed by atoms with E-state index in [0.717, 1.165) is 12.8 Å². The van der Waals surface area contributed by atoms with Gasteiger partial charge in [0.1, 0.15) is 0 Å². The number of unbranched alkanes of at least 4 members (excludes halogenated alkanes) is 13. The maximum Gasteiger partial charge on any atom is 0.332 e. The van der Waals surface area contributed by atoms with Crippen LogP contribution in [0.1, 0.15) is 110 Å². The molecular weight excluding hydrogens is 344 g/mol. The number of aliphatic hydroxyl groups excluding tert-OH is 1. The Morgan fingerprint density at radius 1 is 0.741 bits per heavy atom. The van der Waals surface area contributed by atoms with Gasteiger partial charge in [0, 0.05) is 5.57 Å². The van der Waals surface area contributed by atoms with Gasteiger partial charge in [-0.15, -0.1) is 0 Å². The van der Waals surface area contributed by atoms with E-state index in [1.807, 2.05) is 0 Å². The van der Waals surface area contributed by atoms with Gasteiger partial charge in [0.2, 0.25) is 0 Å². The molecule has 0 aliphatic heterocycles. The summed E-state index contributed by atoms with van der Waals surface area (Å²) in [6, 6.07) is 0. The third-order valence-electron chi connectivity index (χ3n) is 4.48. The summed E-state index contributed by atoms with van der Waals surface area (Å²) in [5.74, 6) is -2.03. The fourth-order valence-corrected chi connectivity index (χ4v) is 2.66. The summed E-state index contributed by atoms with van der Waals surface area (Å²) in [5, 5.41) is 25.5. The molecule has 0 aromatic heterocycles. The monoisotopic (exact) mass is 386 g/mol. The molecule has 0 saturated heterocycles. The summed E-state index contributed by atoms with van der Waals surface area (Å²) in [6.45, 7) is 6.86. The Balaban J connectivity index is 0. The average Bonchev–Trinajstić information content (AvgIpc) is 2.62. The second-order valence-corrected chi connectivity index (χ2v) is 7.32. The van der Waals surface area contributed by atoms with Crippen molar-refractivity contribution < 1.29 is 24.9 Å². The van der Waals surface area contributed by atoms with Crippen LogP contribution in [0.15, 0.2) is 12.2 Å². The quantitative estimate of drug-likeness (QED) is 0.212. The number of carbonyl (C=O) groups is 2. The van der Waals surface area contributed by atoms with E-state index in [9.17, 15) is 9.59 Å². The van der Waals surface area contributed by atoms with E-state index in [4.69, 9.17) is 15.3 Å². The zero-order valence-corrected chi connectivity index (χ0v) is 17.5. The van der Waals surface area contributed by atoms with Crippen molar-refractivity contribution in [1.29, 1.82) is 0 Å². The Labute approximate surface area is 165 Å². The Morgan fingerprint density at radius 3 is 1.30 bits per heavy atom. The normalized spacial score (nSPS) is 11.4. The van der Waals surface area contributed by atoms with Crippen molar-refractivity contribution in [2.24, 2.45) is 0 Å². The second kappa shape index (κ2) is 20.9. The number of rotatable bonds is 17. The molecule has 3 N–H and O–H groups in total.